The van der Waals surface area contributed by atoms with Crippen LogP contribution in [0.25, 0.3) is 15.7 Å². The molecule has 0 atom stereocenters. The number of hydrogen-bond donors (Lipinski definition) is 0. The van der Waals surface area contributed by atoms with Crippen molar-refractivity contribution in [3.05, 3.63) is 63.3 Å². The highest BCUT2D eigenvalue weighted by atomic mass is 32.1. The Morgan fingerprint density at radius 1 is 1.22 bits per heavy atom. The average Bonchev–Trinajstić information content (AvgIpc) is 3.07. The van der Waals surface area contributed by atoms with Crippen molar-refractivity contribution in [2.24, 2.45) is 0 Å². The van der Waals surface area contributed by atoms with Crippen LogP contribution >= 0.6 is 11.3 Å². The second-order valence-electron chi connectivity index (χ2n) is 5.53. The summed E-state index contributed by atoms with van der Waals surface area (Å²) in [6.07, 6.45) is 2.49. The van der Waals surface area contributed by atoms with Crippen molar-refractivity contribution < 1.29 is 0 Å². The Kier molecular flexibility index (Phi) is 3.27. The summed E-state index contributed by atoms with van der Waals surface area (Å²) < 4.78 is 4.65. The largest absolute Gasteiger partial charge is 0.291 e. The molecule has 0 bridgehead atoms. The van der Waals surface area contributed by atoms with E-state index in [1.165, 1.54) is 9.56 Å². The van der Waals surface area contributed by atoms with E-state index in [-0.39, 0.29) is 5.56 Å². The predicted molar refractivity (Wildman–Crippen MR) is 92.3 cm³/mol. The van der Waals surface area contributed by atoms with E-state index < -0.39 is 0 Å². The Morgan fingerprint density at radius 3 is 2.83 bits per heavy atom. The van der Waals surface area contributed by atoms with E-state index >= 15 is 0 Å². The van der Waals surface area contributed by atoms with Crippen molar-refractivity contribution in [2.75, 3.05) is 0 Å². The lowest BCUT2D eigenvalue weighted by atomic mass is 10.3. The van der Waals surface area contributed by atoms with Crippen LogP contribution in [0.3, 0.4) is 0 Å². The molecule has 4 heterocycles. The molecule has 0 aromatic carbocycles. The van der Waals surface area contributed by atoms with Crippen LogP contribution in [0, 0.1) is 6.92 Å². The van der Waals surface area contributed by atoms with Gasteiger partial charge in [-0.2, -0.15) is 5.10 Å². The lowest BCUT2D eigenvalue weighted by molar-refractivity contribution is 0.596. The zero-order valence-electron chi connectivity index (χ0n) is 13.0. The number of aromatic nitrogens is 4. The molecule has 0 amide bonds. The Hall–Kier alpha value is -2.47. The van der Waals surface area contributed by atoms with E-state index in [1.807, 2.05) is 28.7 Å². The third kappa shape index (κ3) is 2.26. The Bertz CT molecular complexity index is 1060. The SMILES string of the molecule is CCc1nn(Cc2ccccn2)c(=O)c2cc3sc(C)cc3n12. The molecule has 0 aliphatic rings. The predicted octanol–water partition coefficient (Wildman–Crippen LogP) is 3.02. The van der Waals surface area contributed by atoms with Gasteiger partial charge >= 0.3 is 0 Å². The molecule has 6 heteroatoms. The van der Waals surface area contributed by atoms with Gasteiger partial charge in [-0.25, -0.2) is 4.68 Å². The first kappa shape index (κ1) is 14.1. The fourth-order valence-corrected chi connectivity index (χ4v) is 3.84. The number of fused-ring (bicyclic) bond motifs is 3. The molecule has 0 radical (unpaired) electrons. The normalized spacial score (nSPS) is 11.6. The molecule has 0 aliphatic heterocycles. The van der Waals surface area contributed by atoms with Gasteiger partial charge in [-0.3, -0.25) is 14.2 Å². The van der Waals surface area contributed by atoms with E-state index in [4.69, 9.17) is 0 Å². The van der Waals surface area contributed by atoms with Gasteiger partial charge in [-0.15, -0.1) is 11.3 Å². The Morgan fingerprint density at radius 2 is 2.09 bits per heavy atom. The third-order valence-corrected chi connectivity index (χ3v) is 4.90. The van der Waals surface area contributed by atoms with Crippen molar-refractivity contribution in [2.45, 2.75) is 26.8 Å². The average molecular weight is 324 g/mol. The molecule has 116 valence electrons. The summed E-state index contributed by atoms with van der Waals surface area (Å²) in [5.41, 5.74) is 2.52. The van der Waals surface area contributed by atoms with Gasteiger partial charge in [0.2, 0.25) is 0 Å². The fraction of sp³-hybridized carbons (Fsp3) is 0.235. The number of thiophene rings is 1. The first-order valence-corrected chi connectivity index (χ1v) is 8.40. The van der Waals surface area contributed by atoms with Gasteiger partial charge in [0.1, 0.15) is 11.3 Å². The maximum atomic E-state index is 12.8. The van der Waals surface area contributed by atoms with E-state index in [0.29, 0.717) is 12.1 Å². The first-order chi connectivity index (χ1) is 11.2. The monoisotopic (exact) mass is 324 g/mol. The molecule has 0 N–H and O–H groups in total. The zero-order valence-corrected chi connectivity index (χ0v) is 13.8. The van der Waals surface area contributed by atoms with Gasteiger partial charge in [0, 0.05) is 17.5 Å². The minimum Gasteiger partial charge on any atom is -0.290 e. The lowest BCUT2D eigenvalue weighted by Crippen LogP contribution is -2.27. The zero-order chi connectivity index (χ0) is 16.0. The van der Waals surface area contributed by atoms with Crippen LogP contribution < -0.4 is 5.56 Å². The number of hydrogen-bond acceptors (Lipinski definition) is 4. The molecular formula is C17H16N4OS. The number of pyridine rings is 1. The third-order valence-electron chi connectivity index (χ3n) is 3.91. The summed E-state index contributed by atoms with van der Waals surface area (Å²) in [5, 5.41) is 4.58. The van der Waals surface area contributed by atoms with Crippen LogP contribution in [0.5, 0.6) is 0 Å². The van der Waals surface area contributed by atoms with Crippen LogP contribution in [-0.2, 0) is 13.0 Å². The highest BCUT2D eigenvalue weighted by molar-refractivity contribution is 7.19. The first-order valence-electron chi connectivity index (χ1n) is 7.59. The molecule has 0 saturated heterocycles. The van der Waals surface area contributed by atoms with E-state index in [2.05, 4.69) is 30.0 Å². The number of nitrogens with zero attached hydrogens (tertiary/aromatic N) is 4. The maximum Gasteiger partial charge on any atom is 0.291 e. The molecule has 0 unspecified atom stereocenters. The molecule has 4 aromatic rings. The molecular weight excluding hydrogens is 308 g/mol. The van der Waals surface area contributed by atoms with Crippen LogP contribution in [-0.4, -0.2) is 19.2 Å². The van der Waals surface area contributed by atoms with Gasteiger partial charge < -0.3 is 0 Å². The van der Waals surface area contributed by atoms with Crippen molar-refractivity contribution in [3.8, 4) is 0 Å². The van der Waals surface area contributed by atoms with E-state index in [9.17, 15) is 4.79 Å². The fourth-order valence-electron chi connectivity index (χ4n) is 2.89. The van der Waals surface area contributed by atoms with E-state index in [1.54, 1.807) is 17.5 Å². The van der Waals surface area contributed by atoms with Gasteiger partial charge in [0.05, 0.1) is 22.5 Å². The highest BCUT2D eigenvalue weighted by Gasteiger charge is 2.15. The molecule has 0 spiro atoms. The molecule has 5 nitrogen and oxygen atoms in total. The molecule has 4 rings (SSSR count). The Labute approximate surface area is 136 Å². The Balaban J connectivity index is 1.96. The van der Waals surface area contributed by atoms with E-state index in [0.717, 1.165) is 28.2 Å². The topological polar surface area (TPSA) is 52.2 Å². The van der Waals surface area contributed by atoms with Crippen LogP contribution in [0.15, 0.2) is 41.3 Å². The summed E-state index contributed by atoms with van der Waals surface area (Å²) in [6, 6.07) is 9.79. The van der Waals surface area contributed by atoms with Gasteiger partial charge in [0.25, 0.3) is 5.56 Å². The molecule has 4 aromatic heterocycles. The van der Waals surface area contributed by atoms with Crippen LogP contribution in [0.1, 0.15) is 23.3 Å². The molecule has 0 aliphatic carbocycles. The standard InChI is InChI=1S/C17H16N4OS/c1-3-16-19-20(10-12-6-4-5-7-18-12)17(22)14-9-15-13(21(14)16)8-11(2)23-15/h4-9H,3,10H2,1-2H3. The smallest absolute Gasteiger partial charge is 0.290 e. The van der Waals surface area contributed by atoms with Crippen molar-refractivity contribution in [1.82, 2.24) is 19.2 Å². The summed E-state index contributed by atoms with van der Waals surface area (Å²) in [7, 11) is 0. The van der Waals surface area contributed by atoms with Crippen LogP contribution in [0.4, 0.5) is 0 Å². The minimum atomic E-state index is -0.0751. The lowest BCUT2D eigenvalue weighted by Gasteiger charge is -2.09. The molecule has 0 fully saturated rings. The van der Waals surface area contributed by atoms with Crippen LogP contribution in [0.2, 0.25) is 0 Å². The number of rotatable bonds is 3. The van der Waals surface area contributed by atoms with Gasteiger partial charge in [-0.05, 0) is 31.2 Å². The summed E-state index contributed by atoms with van der Waals surface area (Å²) in [4.78, 5) is 18.3. The summed E-state index contributed by atoms with van der Waals surface area (Å²) in [5.74, 6) is 0.892. The van der Waals surface area contributed by atoms with Crippen molar-refractivity contribution in [1.29, 1.82) is 0 Å². The second kappa shape index (κ2) is 5.31. The second-order valence-corrected chi connectivity index (χ2v) is 6.81. The summed E-state index contributed by atoms with van der Waals surface area (Å²) in [6.45, 7) is 4.53. The minimum absolute atomic E-state index is 0.0751. The highest BCUT2D eigenvalue weighted by Crippen LogP contribution is 2.28. The molecule has 0 saturated carbocycles. The van der Waals surface area contributed by atoms with Crippen molar-refractivity contribution in [3.63, 3.8) is 0 Å². The molecule has 23 heavy (non-hydrogen) atoms. The summed E-state index contributed by atoms with van der Waals surface area (Å²) >= 11 is 1.71. The number of aryl methyl sites for hydroxylation is 2. The van der Waals surface area contributed by atoms with Gasteiger partial charge in [-0.1, -0.05) is 13.0 Å². The maximum absolute atomic E-state index is 12.8. The quantitative estimate of drug-likeness (QED) is 0.582. The van der Waals surface area contributed by atoms with Crippen molar-refractivity contribution >= 4 is 27.1 Å². The van der Waals surface area contributed by atoms with Gasteiger partial charge in [0.15, 0.2) is 0 Å².